The molecule has 1 aliphatic rings. The van der Waals surface area contributed by atoms with Crippen LogP contribution in [0.25, 0.3) is 0 Å². The summed E-state index contributed by atoms with van der Waals surface area (Å²) in [5.41, 5.74) is 2.49. The molecule has 2 aromatic rings. The highest BCUT2D eigenvalue weighted by molar-refractivity contribution is 7.98. The van der Waals surface area contributed by atoms with Crippen molar-refractivity contribution in [2.45, 2.75) is 23.2 Å². The van der Waals surface area contributed by atoms with Crippen LogP contribution in [0.1, 0.15) is 23.7 Å². The molecular weight excluding hydrogens is 300 g/mol. The zero-order chi connectivity index (χ0) is 14.5. The number of nitrogens with one attached hydrogen (secondary N) is 1. The summed E-state index contributed by atoms with van der Waals surface area (Å²) in [6.45, 7) is 0.988. The Bertz CT molecular complexity index is 642. The van der Waals surface area contributed by atoms with Gasteiger partial charge in [-0.1, -0.05) is 41.9 Å². The monoisotopic (exact) mass is 316 g/mol. The van der Waals surface area contributed by atoms with E-state index in [1.165, 1.54) is 16.0 Å². The highest BCUT2D eigenvalue weighted by Gasteiger charge is 2.15. The molecule has 4 heteroatoms. The van der Waals surface area contributed by atoms with Crippen LogP contribution in [0, 0.1) is 0 Å². The van der Waals surface area contributed by atoms with Gasteiger partial charge in [-0.05, 0) is 30.2 Å². The van der Waals surface area contributed by atoms with Crippen LogP contribution in [0.4, 0.5) is 0 Å². The fourth-order valence-electron chi connectivity index (χ4n) is 2.33. The van der Waals surface area contributed by atoms with Gasteiger partial charge in [0.05, 0.1) is 0 Å². The van der Waals surface area contributed by atoms with E-state index in [1.807, 2.05) is 36.2 Å². The normalized spacial score (nSPS) is 17.9. The number of halogens is 1. The maximum absolute atomic E-state index is 6.04. The van der Waals surface area contributed by atoms with Gasteiger partial charge in [0.25, 0.3) is 0 Å². The molecule has 1 atom stereocenters. The SMILES string of the molecule is Clc1cccc(CSc2ccccc2C2N=CCCN2)c1. The van der Waals surface area contributed by atoms with Crippen molar-refractivity contribution in [2.75, 3.05) is 6.54 Å². The summed E-state index contributed by atoms with van der Waals surface area (Å²) in [5, 5.41) is 4.24. The molecule has 2 nitrogen and oxygen atoms in total. The molecule has 2 aromatic carbocycles. The van der Waals surface area contributed by atoms with Gasteiger partial charge in [0, 0.05) is 34.0 Å². The average molecular weight is 317 g/mol. The van der Waals surface area contributed by atoms with Gasteiger partial charge in [0.1, 0.15) is 6.17 Å². The molecule has 108 valence electrons. The Balaban J connectivity index is 1.76. The number of aliphatic imine (C=N–C) groups is 1. The Morgan fingerprint density at radius 3 is 2.90 bits per heavy atom. The van der Waals surface area contributed by atoms with Gasteiger partial charge in [0.2, 0.25) is 0 Å². The van der Waals surface area contributed by atoms with E-state index in [0.29, 0.717) is 0 Å². The minimum Gasteiger partial charge on any atom is -0.292 e. The topological polar surface area (TPSA) is 24.4 Å². The fourth-order valence-corrected chi connectivity index (χ4v) is 3.57. The van der Waals surface area contributed by atoms with Gasteiger partial charge in [0.15, 0.2) is 0 Å². The van der Waals surface area contributed by atoms with E-state index in [9.17, 15) is 0 Å². The lowest BCUT2D eigenvalue weighted by atomic mass is 10.1. The maximum atomic E-state index is 6.04. The number of hydrogen-bond donors (Lipinski definition) is 1. The first kappa shape index (κ1) is 14.6. The van der Waals surface area contributed by atoms with Gasteiger partial charge in [-0.25, -0.2) is 0 Å². The largest absolute Gasteiger partial charge is 0.292 e. The quantitative estimate of drug-likeness (QED) is 0.827. The number of nitrogens with zero attached hydrogens (tertiary/aromatic N) is 1. The number of rotatable bonds is 4. The molecule has 0 saturated carbocycles. The summed E-state index contributed by atoms with van der Waals surface area (Å²) in [7, 11) is 0. The van der Waals surface area contributed by atoms with E-state index in [4.69, 9.17) is 11.6 Å². The highest BCUT2D eigenvalue weighted by atomic mass is 35.5. The Hall–Kier alpha value is -1.29. The van der Waals surface area contributed by atoms with E-state index < -0.39 is 0 Å². The van der Waals surface area contributed by atoms with Crippen molar-refractivity contribution in [1.82, 2.24) is 5.32 Å². The van der Waals surface area contributed by atoms with Crippen molar-refractivity contribution in [3.63, 3.8) is 0 Å². The second-order valence-electron chi connectivity index (χ2n) is 4.93. The third-order valence-corrected chi connectivity index (χ3v) is 4.76. The molecule has 1 unspecified atom stereocenters. The van der Waals surface area contributed by atoms with Crippen LogP contribution >= 0.6 is 23.4 Å². The highest BCUT2D eigenvalue weighted by Crippen LogP contribution is 2.31. The minimum absolute atomic E-state index is 0.0850. The lowest BCUT2D eigenvalue weighted by molar-refractivity contribution is 0.540. The smallest absolute Gasteiger partial charge is 0.126 e. The van der Waals surface area contributed by atoms with Crippen LogP contribution in [-0.2, 0) is 5.75 Å². The van der Waals surface area contributed by atoms with Crippen molar-refractivity contribution < 1.29 is 0 Å². The van der Waals surface area contributed by atoms with Gasteiger partial charge < -0.3 is 0 Å². The van der Waals surface area contributed by atoms with Gasteiger partial charge in [-0.2, -0.15) is 0 Å². The van der Waals surface area contributed by atoms with Crippen LogP contribution in [0.2, 0.25) is 5.02 Å². The molecule has 21 heavy (non-hydrogen) atoms. The molecule has 1 aliphatic heterocycles. The van der Waals surface area contributed by atoms with Gasteiger partial charge in [-0.15, -0.1) is 11.8 Å². The first-order valence-corrected chi connectivity index (χ1v) is 8.40. The molecule has 0 saturated heterocycles. The molecule has 0 fully saturated rings. The summed E-state index contributed by atoms with van der Waals surface area (Å²) in [6, 6.07) is 16.5. The zero-order valence-electron chi connectivity index (χ0n) is 11.6. The Morgan fingerprint density at radius 2 is 2.10 bits per heavy atom. The summed E-state index contributed by atoms with van der Waals surface area (Å²) in [6.07, 6.45) is 3.11. The van der Waals surface area contributed by atoms with E-state index >= 15 is 0 Å². The van der Waals surface area contributed by atoms with Crippen LogP contribution < -0.4 is 5.32 Å². The van der Waals surface area contributed by atoms with E-state index in [1.54, 1.807) is 0 Å². The van der Waals surface area contributed by atoms with E-state index in [2.05, 4.69) is 40.6 Å². The standard InChI is InChI=1S/C17H17ClN2S/c18-14-6-3-5-13(11-14)12-21-16-8-2-1-7-15(16)17-19-9-4-10-20-17/h1-3,5-9,11,17,20H,4,10,12H2. The average Bonchev–Trinajstić information content (AvgIpc) is 2.54. The van der Waals surface area contributed by atoms with Crippen molar-refractivity contribution in [3.05, 3.63) is 64.7 Å². The first-order valence-electron chi connectivity index (χ1n) is 7.04. The molecule has 0 amide bonds. The molecule has 0 aromatic heterocycles. The predicted octanol–water partition coefficient (Wildman–Crippen LogP) is 4.70. The van der Waals surface area contributed by atoms with Crippen molar-refractivity contribution in [2.24, 2.45) is 4.99 Å². The van der Waals surface area contributed by atoms with Crippen LogP contribution in [0.5, 0.6) is 0 Å². The molecule has 0 spiro atoms. The van der Waals surface area contributed by atoms with Crippen LogP contribution in [0.15, 0.2) is 58.4 Å². The lowest BCUT2D eigenvalue weighted by Gasteiger charge is -2.20. The fraction of sp³-hybridized carbons (Fsp3) is 0.235. The number of thioether (sulfide) groups is 1. The Kier molecular flexibility index (Phi) is 4.96. The van der Waals surface area contributed by atoms with Crippen molar-refractivity contribution >= 4 is 29.6 Å². The maximum Gasteiger partial charge on any atom is 0.126 e. The third-order valence-electron chi connectivity index (χ3n) is 3.36. The summed E-state index contributed by atoms with van der Waals surface area (Å²) in [5.74, 6) is 0.911. The van der Waals surface area contributed by atoms with Crippen LogP contribution in [0.3, 0.4) is 0 Å². The first-order chi connectivity index (χ1) is 10.3. The lowest BCUT2D eigenvalue weighted by Crippen LogP contribution is -2.25. The number of hydrogen-bond acceptors (Lipinski definition) is 3. The molecule has 0 bridgehead atoms. The molecule has 0 aliphatic carbocycles. The van der Waals surface area contributed by atoms with Crippen LogP contribution in [-0.4, -0.2) is 12.8 Å². The molecular formula is C17H17ClN2S. The third kappa shape index (κ3) is 3.88. The van der Waals surface area contributed by atoms with Gasteiger partial charge >= 0.3 is 0 Å². The Labute approximate surface area is 134 Å². The van der Waals surface area contributed by atoms with E-state index in [0.717, 1.165) is 23.7 Å². The zero-order valence-corrected chi connectivity index (χ0v) is 13.2. The van der Waals surface area contributed by atoms with Crippen molar-refractivity contribution in [1.29, 1.82) is 0 Å². The van der Waals surface area contributed by atoms with E-state index in [-0.39, 0.29) is 6.17 Å². The molecule has 1 N–H and O–H groups in total. The molecule has 3 rings (SSSR count). The predicted molar refractivity (Wildman–Crippen MR) is 91.3 cm³/mol. The molecule has 1 heterocycles. The molecule has 0 radical (unpaired) electrons. The minimum atomic E-state index is 0.0850. The number of benzene rings is 2. The van der Waals surface area contributed by atoms with Crippen molar-refractivity contribution in [3.8, 4) is 0 Å². The van der Waals surface area contributed by atoms with Gasteiger partial charge in [-0.3, -0.25) is 10.3 Å². The second kappa shape index (κ2) is 7.12. The second-order valence-corrected chi connectivity index (χ2v) is 6.39. The summed E-state index contributed by atoms with van der Waals surface area (Å²) in [4.78, 5) is 5.83. The summed E-state index contributed by atoms with van der Waals surface area (Å²) >= 11 is 7.87. The summed E-state index contributed by atoms with van der Waals surface area (Å²) < 4.78 is 0. The Morgan fingerprint density at radius 1 is 1.19 bits per heavy atom.